The molecule has 2 aromatic rings. The molecule has 0 aliphatic carbocycles. The van der Waals surface area contributed by atoms with E-state index in [2.05, 4.69) is 26.8 Å². The van der Waals surface area contributed by atoms with Gasteiger partial charge >= 0.3 is 0 Å². The number of aromatic nitrogens is 2. The summed E-state index contributed by atoms with van der Waals surface area (Å²) in [6.07, 6.45) is 1.40. The molecule has 1 heterocycles. The van der Waals surface area contributed by atoms with Gasteiger partial charge in [0.1, 0.15) is 12.0 Å². The van der Waals surface area contributed by atoms with Crippen molar-refractivity contribution >= 4 is 23.0 Å². The molecule has 6 nitrogen and oxygen atoms in total. The third kappa shape index (κ3) is 2.33. The second kappa shape index (κ2) is 4.89. The Bertz CT molecular complexity index is 566. The predicted molar refractivity (Wildman–Crippen MR) is 73.5 cm³/mol. The Morgan fingerprint density at radius 1 is 1.11 bits per heavy atom. The topological polar surface area (TPSA) is 102 Å². The molecular formula is C12H16N6. The monoisotopic (exact) mass is 244 g/mol. The Hall–Kier alpha value is -2.34. The predicted octanol–water partition coefficient (Wildman–Crippen LogP) is 1.70. The molecule has 6 N–H and O–H groups in total. The largest absolute Gasteiger partial charge is 0.393 e. The molecule has 0 fully saturated rings. The number of nitrogens with zero attached hydrogens (tertiary/aromatic N) is 2. The first kappa shape index (κ1) is 12.1. The SMILES string of the molecule is Cc1ccc(C)c(Nc2ncnc(NN)c2N)c1. The Morgan fingerprint density at radius 3 is 2.56 bits per heavy atom. The third-order valence-electron chi connectivity index (χ3n) is 2.67. The smallest absolute Gasteiger partial charge is 0.168 e. The molecule has 0 aliphatic heterocycles. The van der Waals surface area contributed by atoms with Crippen molar-refractivity contribution in [3.63, 3.8) is 0 Å². The number of rotatable bonds is 3. The zero-order valence-electron chi connectivity index (χ0n) is 10.4. The molecule has 0 amide bonds. The molecule has 0 bridgehead atoms. The van der Waals surface area contributed by atoms with E-state index >= 15 is 0 Å². The van der Waals surface area contributed by atoms with Gasteiger partial charge in [0.05, 0.1) is 0 Å². The van der Waals surface area contributed by atoms with Crippen molar-refractivity contribution < 1.29 is 0 Å². The van der Waals surface area contributed by atoms with E-state index in [1.165, 1.54) is 6.33 Å². The van der Waals surface area contributed by atoms with Crippen LogP contribution in [-0.4, -0.2) is 9.97 Å². The van der Waals surface area contributed by atoms with Crippen LogP contribution in [-0.2, 0) is 0 Å². The van der Waals surface area contributed by atoms with Gasteiger partial charge in [-0.2, -0.15) is 0 Å². The second-order valence-electron chi connectivity index (χ2n) is 4.07. The highest BCUT2D eigenvalue weighted by Crippen LogP contribution is 2.27. The number of nitrogens with one attached hydrogen (secondary N) is 2. The number of aryl methyl sites for hydroxylation is 2. The first-order chi connectivity index (χ1) is 8.61. The van der Waals surface area contributed by atoms with Crippen LogP contribution in [0.4, 0.5) is 23.0 Å². The van der Waals surface area contributed by atoms with Gasteiger partial charge in [-0.05, 0) is 31.0 Å². The normalized spacial score (nSPS) is 10.2. The summed E-state index contributed by atoms with van der Waals surface area (Å²) in [6, 6.07) is 6.13. The van der Waals surface area contributed by atoms with Gasteiger partial charge in [-0.25, -0.2) is 15.8 Å². The summed E-state index contributed by atoms with van der Waals surface area (Å²) < 4.78 is 0. The molecule has 94 valence electrons. The van der Waals surface area contributed by atoms with Crippen molar-refractivity contribution in [3.8, 4) is 0 Å². The van der Waals surface area contributed by atoms with Crippen LogP contribution in [0.2, 0.25) is 0 Å². The molecule has 0 unspecified atom stereocenters. The zero-order chi connectivity index (χ0) is 13.1. The van der Waals surface area contributed by atoms with E-state index in [9.17, 15) is 0 Å². The summed E-state index contributed by atoms with van der Waals surface area (Å²) in [6.45, 7) is 4.04. The van der Waals surface area contributed by atoms with Crippen LogP contribution in [0, 0.1) is 13.8 Å². The molecule has 6 heteroatoms. The van der Waals surface area contributed by atoms with Crippen molar-refractivity contribution in [1.82, 2.24) is 9.97 Å². The lowest BCUT2D eigenvalue weighted by atomic mass is 10.1. The van der Waals surface area contributed by atoms with Crippen LogP contribution in [0.15, 0.2) is 24.5 Å². The molecular weight excluding hydrogens is 228 g/mol. The third-order valence-corrected chi connectivity index (χ3v) is 2.67. The van der Waals surface area contributed by atoms with Crippen LogP contribution in [0.5, 0.6) is 0 Å². The van der Waals surface area contributed by atoms with Gasteiger partial charge in [-0.3, -0.25) is 0 Å². The van der Waals surface area contributed by atoms with E-state index in [0.717, 1.165) is 16.8 Å². The molecule has 18 heavy (non-hydrogen) atoms. The lowest BCUT2D eigenvalue weighted by molar-refractivity contribution is 1.14. The molecule has 0 atom stereocenters. The van der Waals surface area contributed by atoms with E-state index in [1.807, 2.05) is 26.0 Å². The Morgan fingerprint density at radius 2 is 1.83 bits per heavy atom. The van der Waals surface area contributed by atoms with Crippen molar-refractivity contribution in [1.29, 1.82) is 0 Å². The summed E-state index contributed by atoms with van der Waals surface area (Å²) in [4.78, 5) is 8.04. The fraction of sp³-hybridized carbons (Fsp3) is 0.167. The molecule has 0 spiro atoms. The minimum atomic E-state index is 0.390. The summed E-state index contributed by atoms with van der Waals surface area (Å²) in [5.41, 5.74) is 12.0. The van der Waals surface area contributed by atoms with Crippen LogP contribution in [0.25, 0.3) is 0 Å². The van der Waals surface area contributed by atoms with E-state index in [-0.39, 0.29) is 0 Å². The number of nitrogens with two attached hydrogens (primary N) is 2. The number of hydrogen-bond donors (Lipinski definition) is 4. The molecule has 2 rings (SSSR count). The van der Waals surface area contributed by atoms with Gasteiger partial charge in [-0.15, -0.1) is 0 Å². The fourth-order valence-corrected chi connectivity index (χ4v) is 1.61. The minimum Gasteiger partial charge on any atom is -0.393 e. The van der Waals surface area contributed by atoms with Gasteiger partial charge in [0.15, 0.2) is 11.6 Å². The summed E-state index contributed by atoms with van der Waals surface area (Å²) in [7, 11) is 0. The summed E-state index contributed by atoms with van der Waals surface area (Å²) in [5.74, 6) is 6.25. The van der Waals surface area contributed by atoms with E-state index < -0.39 is 0 Å². The molecule has 0 saturated carbocycles. The first-order valence-electron chi connectivity index (χ1n) is 5.53. The minimum absolute atomic E-state index is 0.390. The number of benzene rings is 1. The Kier molecular flexibility index (Phi) is 3.29. The zero-order valence-corrected chi connectivity index (χ0v) is 10.4. The number of nitrogen functional groups attached to an aromatic ring is 2. The van der Waals surface area contributed by atoms with Gasteiger partial charge in [-0.1, -0.05) is 12.1 Å². The first-order valence-corrected chi connectivity index (χ1v) is 5.53. The summed E-state index contributed by atoms with van der Waals surface area (Å²) in [5, 5.41) is 3.18. The van der Waals surface area contributed by atoms with Crippen molar-refractivity contribution in [2.45, 2.75) is 13.8 Å². The summed E-state index contributed by atoms with van der Waals surface area (Å²) >= 11 is 0. The van der Waals surface area contributed by atoms with Gasteiger partial charge in [0.2, 0.25) is 0 Å². The standard InChI is InChI=1S/C12H16N6/c1-7-3-4-8(2)9(5-7)17-11-10(13)12(18-14)16-6-15-11/h3-6H,13-14H2,1-2H3,(H2,15,16,17,18). The van der Waals surface area contributed by atoms with Crippen molar-refractivity contribution in [2.24, 2.45) is 5.84 Å². The Labute approximate surface area is 105 Å². The maximum absolute atomic E-state index is 5.90. The maximum Gasteiger partial charge on any atom is 0.168 e. The van der Waals surface area contributed by atoms with E-state index in [1.54, 1.807) is 0 Å². The lowest BCUT2D eigenvalue weighted by Crippen LogP contribution is -2.12. The van der Waals surface area contributed by atoms with Crippen molar-refractivity contribution in [3.05, 3.63) is 35.7 Å². The van der Waals surface area contributed by atoms with E-state index in [4.69, 9.17) is 11.6 Å². The highest BCUT2D eigenvalue weighted by Gasteiger charge is 2.08. The lowest BCUT2D eigenvalue weighted by Gasteiger charge is -2.12. The van der Waals surface area contributed by atoms with E-state index in [0.29, 0.717) is 17.3 Å². The molecule has 0 saturated heterocycles. The number of hydrogen-bond acceptors (Lipinski definition) is 6. The van der Waals surface area contributed by atoms with Gasteiger partial charge in [0, 0.05) is 5.69 Å². The van der Waals surface area contributed by atoms with Crippen LogP contribution >= 0.6 is 0 Å². The van der Waals surface area contributed by atoms with Crippen LogP contribution < -0.4 is 22.3 Å². The van der Waals surface area contributed by atoms with Gasteiger partial charge in [0.25, 0.3) is 0 Å². The fourth-order valence-electron chi connectivity index (χ4n) is 1.61. The highest BCUT2D eigenvalue weighted by atomic mass is 15.3. The maximum atomic E-state index is 5.90. The average molecular weight is 244 g/mol. The van der Waals surface area contributed by atoms with Gasteiger partial charge < -0.3 is 16.5 Å². The molecule has 0 radical (unpaired) electrons. The molecule has 1 aromatic carbocycles. The molecule has 0 aliphatic rings. The Balaban J connectivity index is 2.37. The number of hydrazine groups is 1. The van der Waals surface area contributed by atoms with Crippen LogP contribution in [0.3, 0.4) is 0 Å². The van der Waals surface area contributed by atoms with Crippen LogP contribution in [0.1, 0.15) is 11.1 Å². The van der Waals surface area contributed by atoms with Crippen molar-refractivity contribution in [2.75, 3.05) is 16.5 Å². The second-order valence-corrected chi connectivity index (χ2v) is 4.07. The average Bonchev–Trinajstić information content (AvgIpc) is 2.36. The quantitative estimate of drug-likeness (QED) is 0.484. The molecule has 1 aromatic heterocycles. The number of anilines is 4. The highest BCUT2D eigenvalue weighted by molar-refractivity contribution is 5.78.